The Morgan fingerprint density at radius 3 is 2.29 bits per heavy atom. The molecule has 0 saturated heterocycles. The zero-order valence-corrected chi connectivity index (χ0v) is 21.0. The quantitative estimate of drug-likeness (QED) is 0.374. The van der Waals surface area contributed by atoms with Crippen molar-refractivity contribution in [1.82, 2.24) is 9.78 Å². The Balaban J connectivity index is 2.68. The summed E-state index contributed by atoms with van der Waals surface area (Å²) < 4.78 is 31.9. The minimum Gasteiger partial charge on any atom is -0.361 e. The van der Waals surface area contributed by atoms with Gasteiger partial charge in [0.05, 0.1) is 11.4 Å². The maximum atomic E-state index is 13.6. The summed E-state index contributed by atoms with van der Waals surface area (Å²) in [4.78, 5) is 13.6. The van der Waals surface area contributed by atoms with Crippen LogP contribution in [0.4, 0.5) is 0 Å². The summed E-state index contributed by atoms with van der Waals surface area (Å²) in [5.74, 6) is -0.654. The summed E-state index contributed by atoms with van der Waals surface area (Å²) in [6.45, 7) is 15.2. The van der Waals surface area contributed by atoms with Gasteiger partial charge in [0.2, 0.25) is 11.7 Å². The molecule has 0 spiro atoms. The van der Waals surface area contributed by atoms with E-state index in [2.05, 4.69) is 5.10 Å². The Morgan fingerprint density at radius 2 is 1.77 bits per heavy atom. The zero-order chi connectivity index (χ0) is 23.7. The molecule has 0 bridgehead atoms. The third-order valence-electron chi connectivity index (χ3n) is 5.13. The van der Waals surface area contributed by atoms with Crippen molar-refractivity contribution in [2.24, 2.45) is 5.92 Å². The van der Waals surface area contributed by atoms with Gasteiger partial charge in [-0.2, -0.15) is 13.5 Å². The fraction of sp³-hybridized carbons (Fsp3) is 0.478. The van der Waals surface area contributed by atoms with Gasteiger partial charge in [0, 0.05) is 17.1 Å². The van der Waals surface area contributed by atoms with Crippen LogP contribution in [0.2, 0.25) is 5.02 Å². The highest BCUT2D eigenvalue weighted by Crippen LogP contribution is 2.34. The van der Waals surface area contributed by atoms with Crippen molar-refractivity contribution in [3.05, 3.63) is 50.7 Å². The molecular weight excluding hydrogens is 436 g/mol. The fourth-order valence-corrected chi connectivity index (χ4v) is 5.09. The predicted octanol–water partition coefficient (Wildman–Crippen LogP) is 5.58. The van der Waals surface area contributed by atoms with Crippen LogP contribution >= 0.6 is 11.6 Å². The van der Waals surface area contributed by atoms with Gasteiger partial charge >= 0.3 is 10.1 Å². The van der Waals surface area contributed by atoms with Crippen molar-refractivity contribution >= 4 is 33.1 Å². The Labute approximate surface area is 190 Å². The lowest BCUT2D eigenvalue weighted by molar-refractivity contribution is 0.103. The topological polar surface area (TPSA) is 78.3 Å². The molecule has 0 radical (unpaired) electrons. The molecule has 2 rings (SSSR count). The van der Waals surface area contributed by atoms with Crippen LogP contribution in [0.5, 0.6) is 5.88 Å². The molecule has 8 heteroatoms. The van der Waals surface area contributed by atoms with Gasteiger partial charge in [-0.05, 0) is 76.3 Å². The van der Waals surface area contributed by atoms with Gasteiger partial charge in [0.25, 0.3) is 0 Å². The molecule has 1 aromatic carbocycles. The van der Waals surface area contributed by atoms with E-state index in [9.17, 15) is 13.2 Å². The maximum absolute atomic E-state index is 13.6. The van der Waals surface area contributed by atoms with Crippen LogP contribution in [-0.2, 0) is 16.7 Å². The number of allylic oxidation sites excluding steroid dienone is 2. The molecule has 6 nitrogen and oxygen atoms in total. The second-order valence-corrected chi connectivity index (χ2v) is 10.4. The van der Waals surface area contributed by atoms with Crippen LogP contribution in [0.1, 0.15) is 74.3 Å². The second-order valence-electron chi connectivity index (χ2n) is 8.33. The van der Waals surface area contributed by atoms with Crippen LogP contribution in [0, 0.1) is 19.8 Å². The lowest BCUT2D eigenvalue weighted by Crippen LogP contribution is -2.20. The van der Waals surface area contributed by atoms with E-state index in [0.717, 1.165) is 22.3 Å². The number of hydrogen-bond acceptors (Lipinski definition) is 5. The first-order valence-corrected chi connectivity index (χ1v) is 12.2. The van der Waals surface area contributed by atoms with E-state index in [1.54, 1.807) is 32.9 Å². The smallest absolute Gasteiger partial charge is 0.310 e. The standard InChI is InChI=1S/C23H31ClN2O4S/c1-9-26-23(30-31(28,29)12-13(2)3)21(17(8)25-26)22(27)18-10-11-19(24)20(16(18)7)15(6)14(4)5/h10-11,13H,9,12H2,1-8H3. The normalized spacial score (nSPS) is 11.7. The molecule has 0 atom stereocenters. The Bertz CT molecular complexity index is 1140. The lowest BCUT2D eigenvalue weighted by Gasteiger charge is -2.15. The van der Waals surface area contributed by atoms with Crippen molar-refractivity contribution in [2.75, 3.05) is 5.75 Å². The number of hydrogen-bond donors (Lipinski definition) is 0. The van der Waals surface area contributed by atoms with E-state index < -0.39 is 10.1 Å². The molecule has 1 heterocycles. The van der Waals surface area contributed by atoms with E-state index in [1.807, 2.05) is 34.6 Å². The zero-order valence-electron chi connectivity index (χ0n) is 19.5. The highest BCUT2D eigenvalue weighted by atomic mass is 35.5. The molecule has 0 fully saturated rings. The molecule has 31 heavy (non-hydrogen) atoms. The molecule has 0 unspecified atom stereocenters. The number of aromatic nitrogens is 2. The van der Waals surface area contributed by atoms with Gasteiger partial charge in [-0.1, -0.05) is 31.0 Å². The van der Waals surface area contributed by atoms with Gasteiger partial charge in [-0.3, -0.25) is 4.79 Å². The second kappa shape index (κ2) is 9.57. The number of aryl methyl sites for hydroxylation is 2. The average Bonchev–Trinajstić information content (AvgIpc) is 2.94. The van der Waals surface area contributed by atoms with E-state index in [-0.39, 0.29) is 28.9 Å². The van der Waals surface area contributed by atoms with E-state index in [1.165, 1.54) is 4.68 Å². The van der Waals surface area contributed by atoms with E-state index in [0.29, 0.717) is 22.8 Å². The Morgan fingerprint density at radius 1 is 1.16 bits per heavy atom. The largest absolute Gasteiger partial charge is 0.361 e. The number of carbonyl (C=O) groups is 1. The van der Waals surface area contributed by atoms with Gasteiger partial charge in [-0.25, -0.2) is 4.68 Å². The molecule has 0 N–H and O–H groups in total. The highest BCUT2D eigenvalue weighted by molar-refractivity contribution is 7.87. The number of ketones is 1. The Hall–Kier alpha value is -2.12. The van der Waals surface area contributed by atoms with Crippen molar-refractivity contribution < 1.29 is 17.4 Å². The molecule has 1 aromatic heterocycles. The Kier molecular flexibility index (Phi) is 7.76. The van der Waals surface area contributed by atoms with Crippen molar-refractivity contribution in [3.63, 3.8) is 0 Å². The monoisotopic (exact) mass is 466 g/mol. The SMILES string of the molecule is CCn1nc(C)c(C(=O)c2ccc(Cl)c(C(C)=C(C)C)c2C)c1OS(=O)(=O)CC(C)C. The summed E-state index contributed by atoms with van der Waals surface area (Å²) >= 11 is 6.45. The van der Waals surface area contributed by atoms with Crippen molar-refractivity contribution in [1.29, 1.82) is 0 Å². The molecule has 170 valence electrons. The predicted molar refractivity (Wildman–Crippen MR) is 125 cm³/mol. The minimum absolute atomic E-state index is 0.0412. The summed E-state index contributed by atoms with van der Waals surface area (Å²) in [5, 5.41) is 4.90. The van der Waals surface area contributed by atoms with Crippen LogP contribution in [0.3, 0.4) is 0 Å². The summed E-state index contributed by atoms with van der Waals surface area (Å²) in [7, 11) is -3.88. The van der Waals surface area contributed by atoms with Gasteiger partial charge < -0.3 is 4.18 Å². The average molecular weight is 467 g/mol. The first-order chi connectivity index (χ1) is 14.3. The van der Waals surface area contributed by atoms with Crippen molar-refractivity contribution in [3.8, 4) is 5.88 Å². The summed E-state index contributed by atoms with van der Waals surface area (Å²) in [6, 6.07) is 3.36. The van der Waals surface area contributed by atoms with E-state index >= 15 is 0 Å². The van der Waals surface area contributed by atoms with E-state index in [4.69, 9.17) is 15.8 Å². The van der Waals surface area contributed by atoms with Crippen LogP contribution in [-0.4, -0.2) is 29.7 Å². The van der Waals surface area contributed by atoms with Gasteiger partial charge in [0.15, 0.2) is 0 Å². The molecule has 0 saturated carbocycles. The molecule has 0 aliphatic heterocycles. The number of benzene rings is 1. The first-order valence-electron chi connectivity index (χ1n) is 10.3. The number of rotatable bonds is 8. The maximum Gasteiger partial charge on any atom is 0.310 e. The third-order valence-corrected chi connectivity index (χ3v) is 6.94. The van der Waals surface area contributed by atoms with Gasteiger partial charge in [-0.15, -0.1) is 0 Å². The molecule has 0 aliphatic rings. The summed E-state index contributed by atoms with van der Waals surface area (Å²) in [5.41, 5.74) is 4.63. The molecule has 2 aromatic rings. The highest BCUT2D eigenvalue weighted by Gasteiger charge is 2.29. The third kappa shape index (κ3) is 5.39. The summed E-state index contributed by atoms with van der Waals surface area (Å²) in [6.07, 6.45) is 0. The fourth-order valence-electron chi connectivity index (χ4n) is 3.45. The van der Waals surface area contributed by atoms with Crippen molar-refractivity contribution in [2.45, 2.75) is 61.9 Å². The van der Waals surface area contributed by atoms with Crippen LogP contribution in [0.25, 0.3) is 5.57 Å². The van der Waals surface area contributed by atoms with Crippen LogP contribution < -0.4 is 4.18 Å². The number of halogens is 1. The molecular formula is C23H31ClN2O4S. The lowest BCUT2D eigenvalue weighted by atomic mass is 9.91. The minimum atomic E-state index is -3.88. The molecule has 0 aliphatic carbocycles. The molecule has 0 amide bonds. The van der Waals surface area contributed by atoms with Crippen LogP contribution in [0.15, 0.2) is 17.7 Å². The van der Waals surface area contributed by atoms with Gasteiger partial charge in [0.1, 0.15) is 5.56 Å². The number of carbonyl (C=O) groups excluding carboxylic acids is 1. The number of nitrogens with zero attached hydrogens (tertiary/aromatic N) is 2. The first kappa shape index (κ1) is 25.1.